The fraction of sp³-hybridized carbons (Fsp3) is 0.865. The Labute approximate surface area is 378 Å². The molecule has 0 rings (SSSR count). The van der Waals surface area contributed by atoms with E-state index in [4.69, 9.17) is 18.5 Å². The van der Waals surface area contributed by atoms with Crippen LogP contribution in [0.25, 0.3) is 0 Å². The molecule has 0 bridgehead atoms. The minimum Gasteiger partial charge on any atom is -0.756 e. The van der Waals surface area contributed by atoms with Crippen molar-refractivity contribution in [1.29, 1.82) is 0 Å². The molecule has 0 saturated carbocycles. The van der Waals surface area contributed by atoms with Crippen LogP contribution < -0.4 is 4.89 Å². The van der Waals surface area contributed by atoms with Gasteiger partial charge < -0.3 is 27.9 Å². The van der Waals surface area contributed by atoms with Crippen LogP contribution in [0, 0.1) is 0 Å². The SMILES string of the molecule is CCCCCCC/C=C\C/C=C\C/C=C\CCCCCCCCCCC(=O)OC(COCCCCCCCCCCCCCCCCCC)COP(=O)([O-])OCC[N+](C)(C)C. The van der Waals surface area contributed by atoms with Gasteiger partial charge in [0.05, 0.1) is 34.4 Å². The van der Waals surface area contributed by atoms with E-state index in [9.17, 15) is 14.3 Å². The van der Waals surface area contributed by atoms with Crippen LogP contribution in [-0.4, -0.2) is 70.7 Å². The summed E-state index contributed by atoms with van der Waals surface area (Å²) in [5.41, 5.74) is 0. The number of allylic oxidation sites excluding steroid dienone is 6. The molecule has 0 aliphatic rings. The quantitative estimate of drug-likeness (QED) is 0.0197. The normalized spacial score (nSPS) is 13.9. The second kappa shape index (κ2) is 45.3. The van der Waals surface area contributed by atoms with Gasteiger partial charge in [0.15, 0.2) is 0 Å². The van der Waals surface area contributed by atoms with Gasteiger partial charge in [0.2, 0.25) is 0 Å². The minimum absolute atomic E-state index is 0.0256. The molecule has 0 heterocycles. The topological polar surface area (TPSA) is 94.1 Å². The van der Waals surface area contributed by atoms with E-state index in [1.807, 2.05) is 21.1 Å². The Morgan fingerprint density at radius 3 is 1.34 bits per heavy atom. The van der Waals surface area contributed by atoms with Crippen molar-refractivity contribution in [3.05, 3.63) is 36.5 Å². The lowest BCUT2D eigenvalue weighted by molar-refractivity contribution is -0.870. The number of rotatable bonds is 48. The molecule has 0 spiro atoms. The van der Waals surface area contributed by atoms with Crippen LogP contribution in [0.15, 0.2) is 36.5 Å². The van der Waals surface area contributed by atoms with Crippen LogP contribution >= 0.6 is 7.82 Å². The molecule has 9 heteroatoms. The summed E-state index contributed by atoms with van der Waals surface area (Å²) in [6.07, 6.45) is 54.5. The van der Waals surface area contributed by atoms with Gasteiger partial charge in [-0.25, -0.2) is 0 Å². The molecular formula is C52H100NO7P. The fourth-order valence-corrected chi connectivity index (χ4v) is 7.93. The molecule has 0 aromatic rings. The molecule has 0 fully saturated rings. The number of nitrogens with zero attached hydrogens (tertiary/aromatic N) is 1. The van der Waals surface area contributed by atoms with Crippen molar-refractivity contribution in [2.24, 2.45) is 0 Å². The molecule has 360 valence electrons. The highest BCUT2D eigenvalue weighted by Crippen LogP contribution is 2.38. The summed E-state index contributed by atoms with van der Waals surface area (Å²) < 4.78 is 34.7. The summed E-state index contributed by atoms with van der Waals surface area (Å²) in [6, 6.07) is 0. The predicted octanol–water partition coefficient (Wildman–Crippen LogP) is 15.1. The zero-order valence-electron chi connectivity index (χ0n) is 40.9. The summed E-state index contributed by atoms with van der Waals surface area (Å²) >= 11 is 0. The van der Waals surface area contributed by atoms with Gasteiger partial charge in [-0.05, 0) is 51.4 Å². The first-order chi connectivity index (χ1) is 29.6. The van der Waals surface area contributed by atoms with Crippen molar-refractivity contribution in [2.45, 2.75) is 238 Å². The standard InChI is InChI=1S/C52H100NO7P/c1-6-8-10-12-14-16-18-20-22-24-25-26-27-28-29-30-31-33-35-37-39-41-43-45-52(54)60-51(50-59-61(55,56)58-48-46-53(3,4)5)49-57-47-44-42-40-38-36-34-32-23-21-19-17-15-13-11-9-7-2/h18,20,24-25,27-28,51H,6-17,19,21-23,26,29-50H2,1-5H3/b20-18-,25-24-,28-27-. The number of carbonyl (C=O) groups excluding carboxylic acids is 1. The van der Waals surface area contributed by atoms with E-state index >= 15 is 0 Å². The first-order valence-electron chi connectivity index (χ1n) is 25.7. The Morgan fingerprint density at radius 2 is 0.902 bits per heavy atom. The molecule has 0 aliphatic carbocycles. The van der Waals surface area contributed by atoms with Gasteiger partial charge in [0.1, 0.15) is 19.3 Å². The number of ether oxygens (including phenoxy) is 2. The van der Waals surface area contributed by atoms with Crippen molar-refractivity contribution in [3.8, 4) is 0 Å². The molecule has 0 aromatic carbocycles. The first kappa shape index (κ1) is 59.7. The number of quaternary nitrogens is 1. The summed E-state index contributed by atoms with van der Waals surface area (Å²) in [5, 5.41) is 0. The highest BCUT2D eigenvalue weighted by Gasteiger charge is 2.20. The summed E-state index contributed by atoms with van der Waals surface area (Å²) in [6.45, 7) is 5.43. The van der Waals surface area contributed by atoms with Gasteiger partial charge in [-0.1, -0.05) is 211 Å². The van der Waals surface area contributed by atoms with Gasteiger partial charge in [0.25, 0.3) is 7.82 Å². The molecule has 2 unspecified atom stereocenters. The Kier molecular flexibility index (Phi) is 44.3. The van der Waals surface area contributed by atoms with E-state index in [1.54, 1.807) is 0 Å². The number of phosphoric acid groups is 1. The number of unbranched alkanes of at least 4 members (excludes halogenated alkanes) is 28. The van der Waals surface area contributed by atoms with Gasteiger partial charge in [-0.3, -0.25) is 9.36 Å². The molecular weight excluding hydrogens is 782 g/mol. The van der Waals surface area contributed by atoms with E-state index in [-0.39, 0.29) is 25.8 Å². The molecule has 0 amide bonds. The predicted molar refractivity (Wildman–Crippen MR) is 259 cm³/mol. The lowest BCUT2D eigenvalue weighted by Crippen LogP contribution is -2.37. The van der Waals surface area contributed by atoms with E-state index in [0.717, 1.165) is 51.4 Å². The largest absolute Gasteiger partial charge is 0.756 e. The molecule has 0 radical (unpaired) electrons. The van der Waals surface area contributed by atoms with Crippen LogP contribution in [0.1, 0.15) is 232 Å². The maximum absolute atomic E-state index is 12.7. The summed E-state index contributed by atoms with van der Waals surface area (Å²) in [4.78, 5) is 25.2. The van der Waals surface area contributed by atoms with E-state index in [1.165, 1.54) is 161 Å². The smallest absolute Gasteiger partial charge is 0.306 e. The molecule has 61 heavy (non-hydrogen) atoms. The van der Waals surface area contributed by atoms with Gasteiger partial charge in [-0.2, -0.15) is 0 Å². The number of esters is 1. The second-order valence-electron chi connectivity index (χ2n) is 18.5. The molecule has 0 aromatic heterocycles. The molecule has 0 saturated heterocycles. The first-order valence-corrected chi connectivity index (χ1v) is 27.2. The van der Waals surface area contributed by atoms with Crippen LogP contribution in [0.2, 0.25) is 0 Å². The molecule has 0 aliphatic heterocycles. The van der Waals surface area contributed by atoms with Crippen molar-refractivity contribution in [3.63, 3.8) is 0 Å². The average molecular weight is 882 g/mol. The highest BCUT2D eigenvalue weighted by molar-refractivity contribution is 7.45. The second-order valence-corrected chi connectivity index (χ2v) is 19.9. The van der Waals surface area contributed by atoms with Crippen LogP contribution in [0.4, 0.5) is 0 Å². The Balaban J connectivity index is 4.14. The lowest BCUT2D eigenvalue weighted by Gasteiger charge is -2.28. The number of phosphoric ester groups is 1. The average Bonchev–Trinajstić information content (AvgIpc) is 3.22. The summed E-state index contributed by atoms with van der Waals surface area (Å²) in [7, 11) is 1.36. The van der Waals surface area contributed by atoms with Crippen LogP contribution in [0.3, 0.4) is 0 Å². The van der Waals surface area contributed by atoms with Crippen molar-refractivity contribution in [1.82, 2.24) is 0 Å². The molecule has 0 N–H and O–H groups in total. The maximum atomic E-state index is 12.7. The van der Waals surface area contributed by atoms with Crippen LogP contribution in [-0.2, 0) is 27.9 Å². The van der Waals surface area contributed by atoms with E-state index in [0.29, 0.717) is 24.1 Å². The maximum Gasteiger partial charge on any atom is 0.306 e. The zero-order valence-corrected chi connectivity index (χ0v) is 41.8. The Bertz CT molecular complexity index is 1070. The third-order valence-corrected chi connectivity index (χ3v) is 12.2. The number of carbonyl (C=O) groups is 1. The van der Waals surface area contributed by atoms with Crippen molar-refractivity contribution < 1.29 is 37.3 Å². The van der Waals surface area contributed by atoms with Crippen molar-refractivity contribution >= 4 is 13.8 Å². The monoisotopic (exact) mass is 882 g/mol. The number of hydrogen-bond donors (Lipinski definition) is 0. The van der Waals surface area contributed by atoms with Gasteiger partial charge >= 0.3 is 5.97 Å². The minimum atomic E-state index is -4.53. The highest BCUT2D eigenvalue weighted by atomic mass is 31.2. The third kappa shape index (κ3) is 49.6. The Hall–Kier alpha value is -1.28. The number of hydrogen-bond acceptors (Lipinski definition) is 7. The molecule has 2 atom stereocenters. The van der Waals surface area contributed by atoms with E-state index < -0.39 is 13.9 Å². The number of likely N-dealkylation sites (N-methyl/N-ethyl adjacent to an activating group) is 1. The summed E-state index contributed by atoms with van der Waals surface area (Å²) in [5.74, 6) is -0.338. The van der Waals surface area contributed by atoms with Gasteiger partial charge in [-0.15, -0.1) is 0 Å². The van der Waals surface area contributed by atoms with Gasteiger partial charge in [0, 0.05) is 13.0 Å². The fourth-order valence-electron chi connectivity index (χ4n) is 7.20. The molecule has 8 nitrogen and oxygen atoms in total. The Morgan fingerprint density at radius 1 is 0.508 bits per heavy atom. The van der Waals surface area contributed by atoms with Crippen LogP contribution in [0.5, 0.6) is 0 Å². The lowest BCUT2D eigenvalue weighted by atomic mass is 10.0. The van der Waals surface area contributed by atoms with Crippen molar-refractivity contribution in [2.75, 3.05) is 54.1 Å². The van der Waals surface area contributed by atoms with E-state index in [2.05, 4.69) is 50.3 Å². The third-order valence-electron chi connectivity index (χ3n) is 11.2. The zero-order chi connectivity index (χ0) is 44.8.